The maximum atomic E-state index is 2.53. The van der Waals surface area contributed by atoms with Crippen LogP contribution in [-0.2, 0) is 10.8 Å². The van der Waals surface area contributed by atoms with E-state index in [-0.39, 0.29) is 10.8 Å². The van der Waals surface area contributed by atoms with E-state index in [9.17, 15) is 0 Å². The Bertz CT molecular complexity index is 2480. The standard InChI is InChI=1S/C44H37NS2/c1-43(2)21-22-44(3,4)38-27-42-36(26-37(38)43)35-20-18-32(25-41(35)47-42)45(30-14-10-13-29(23-30)28-11-6-5-7-12-28)31-17-19-34-33-15-8-9-16-39(33)46-40(34)24-31/h5-20,23-27H,21-22H2,1-4H3. The molecule has 1 aliphatic carbocycles. The number of nitrogens with zero attached hydrogens (tertiary/aromatic N) is 1. The van der Waals surface area contributed by atoms with Crippen molar-refractivity contribution in [3.8, 4) is 11.1 Å². The Hall–Kier alpha value is -4.44. The van der Waals surface area contributed by atoms with Gasteiger partial charge in [-0.15, -0.1) is 22.7 Å². The molecule has 2 aromatic heterocycles. The highest BCUT2D eigenvalue weighted by Gasteiger charge is 2.37. The van der Waals surface area contributed by atoms with Crippen LogP contribution < -0.4 is 4.90 Å². The average molecular weight is 644 g/mol. The van der Waals surface area contributed by atoms with Crippen LogP contribution >= 0.6 is 22.7 Å². The lowest BCUT2D eigenvalue weighted by Gasteiger charge is -2.41. The molecule has 8 aromatic rings. The molecule has 1 aliphatic rings. The summed E-state index contributed by atoms with van der Waals surface area (Å²) in [6.45, 7) is 9.70. The molecule has 0 unspecified atom stereocenters. The molecule has 1 nitrogen and oxygen atoms in total. The predicted octanol–water partition coefficient (Wildman–Crippen LogP) is 13.9. The van der Waals surface area contributed by atoms with Gasteiger partial charge >= 0.3 is 0 Å². The van der Waals surface area contributed by atoms with Crippen LogP contribution in [0.3, 0.4) is 0 Å². The maximum Gasteiger partial charge on any atom is 0.0476 e. The summed E-state index contributed by atoms with van der Waals surface area (Å²) in [5.74, 6) is 0. The summed E-state index contributed by atoms with van der Waals surface area (Å²) < 4.78 is 5.37. The molecule has 9 rings (SSSR count). The molecule has 0 spiro atoms. The van der Waals surface area contributed by atoms with Crippen LogP contribution in [0.25, 0.3) is 51.5 Å². The summed E-state index contributed by atoms with van der Waals surface area (Å²) in [6, 6.07) is 47.6. The van der Waals surface area contributed by atoms with E-state index < -0.39 is 0 Å². The van der Waals surface area contributed by atoms with Gasteiger partial charge in [-0.3, -0.25) is 0 Å². The highest BCUT2D eigenvalue weighted by atomic mass is 32.1. The molecule has 2 heterocycles. The molecule has 6 aromatic carbocycles. The summed E-state index contributed by atoms with van der Waals surface area (Å²) in [5.41, 5.74) is 9.41. The van der Waals surface area contributed by atoms with Crippen molar-refractivity contribution in [3.05, 3.63) is 139 Å². The fourth-order valence-corrected chi connectivity index (χ4v) is 10.0. The third-order valence-corrected chi connectivity index (χ3v) is 12.8. The van der Waals surface area contributed by atoms with Gasteiger partial charge in [-0.1, -0.05) is 100 Å². The smallest absolute Gasteiger partial charge is 0.0476 e. The molecule has 3 heteroatoms. The summed E-state index contributed by atoms with van der Waals surface area (Å²) in [7, 11) is 0. The number of benzene rings is 6. The minimum absolute atomic E-state index is 0.194. The number of rotatable bonds is 4. The van der Waals surface area contributed by atoms with Crippen molar-refractivity contribution >= 4 is 80.1 Å². The normalized spacial score (nSPS) is 15.4. The second-order valence-corrected chi connectivity index (χ2v) is 16.6. The van der Waals surface area contributed by atoms with Gasteiger partial charge in [-0.05, 0) is 101 Å². The Morgan fingerprint density at radius 3 is 1.68 bits per heavy atom. The van der Waals surface area contributed by atoms with Crippen LogP contribution in [0.4, 0.5) is 17.1 Å². The molecule has 0 amide bonds. The molecule has 0 fully saturated rings. The Morgan fingerprint density at radius 1 is 0.426 bits per heavy atom. The molecular formula is C44H37NS2. The number of hydrogen-bond donors (Lipinski definition) is 0. The lowest BCUT2D eigenvalue weighted by atomic mass is 9.63. The van der Waals surface area contributed by atoms with Gasteiger partial charge in [0.15, 0.2) is 0 Å². The Balaban J connectivity index is 1.24. The quantitative estimate of drug-likeness (QED) is 0.184. The SMILES string of the molecule is CC1(C)CCC(C)(C)c2cc3c(cc21)sc1cc(N(c2cccc(-c4ccccc4)c2)c2ccc4c(c2)sc2ccccc24)ccc13. The molecule has 47 heavy (non-hydrogen) atoms. The predicted molar refractivity (Wildman–Crippen MR) is 208 cm³/mol. The van der Waals surface area contributed by atoms with Crippen molar-refractivity contribution < 1.29 is 0 Å². The fourth-order valence-electron chi connectivity index (χ4n) is 7.72. The van der Waals surface area contributed by atoms with Gasteiger partial charge in [0.05, 0.1) is 0 Å². The lowest BCUT2D eigenvalue weighted by molar-refractivity contribution is 0.332. The molecule has 0 saturated carbocycles. The molecule has 0 radical (unpaired) electrons. The molecule has 0 bridgehead atoms. The third-order valence-electron chi connectivity index (χ3n) is 10.5. The van der Waals surface area contributed by atoms with E-state index in [4.69, 9.17) is 0 Å². The van der Waals surface area contributed by atoms with Crippen molar-refractivity contribution in [2.24, 2.45) is 0 Å². The lowest BCUT2D eigenvalue weighted by Crippen LogP contribution is -2.33. The van der Waals surface area contributed by atoms with Gasteiger partial charge in [0, 0.05) is 57.4 Å². The molecule has 230 valence electrons. The van der Waals surface area contributed by atoms with Crippen molar-refractivity contribution in [1.82, 2.24) is 0 Å². The fraction of sp³-hybridized carbons (Fsp3) is 0.182. The zero-order valence-corrected chi connectivity index (χ0v) is 28.9. The van der Waals surface area contributed by atoms with Crippen LogP contribution in [-0.4, -0.2) is 0 Å². The van der Waals surface area contributed by atoms with E-state index in [2.05, 4.69) is 160 Å². The Labute approximate surface area is 284 Å². The second kappa shape index (κ2) is 10.5. The molecule has 0 saturated heterocycles. The van der Waals surface area contributed by atoms with Gasteiger partial charge in [0.2, 0.25) is 0 Å². The summed E-state index contributed by atoms with van der Waals surface area (Å²) in [4.78, 5) is 2.44. The van der Waals surface area contributed by atoms with Crippen LogP contribution in [0.15, 0.2) is 127 Å². The molecule has 0 N–H and O–H groups in total. The van der Waals surface area contributed by atoms with E-state index in [0.717, 1.165) is 5.69 Å². The first-order chi connectivity index (χ1) is 22.7. The van der Waals surface area contributed by atoms with Gasteiger partial charge in [-0.25, -0.2) is 0 Å². The van der Waals surface area contributed by atoms with E-state index in [1.54, 1.807) is 0 Å². The summed E-state index contributed by atoms with van der Waals surface area (Å²) >= 11 is 3.81. The van der Waals surface area contributed by atoms with Crippen molar-refractivity contribution in [1.29, 1.82) is 0 Å². The highest BCUT2D eigenvalue weighted by Crippen LogP contribution is 2.50. The van der Waals surface area contributed by atoms with Gasteiger partial charge in [0.1, 0.15) is 0 Å². The first-order valence-electron chi connectivity index (χ1n) is 16.6. The first-order valence-corrected chi connectivity index (χ1v) is 18.3. The van der Waals surface area contributed by atoms with E-state index >= 15 is 0 Å². The summed E-state index contributed by atoms with van der Waals surface area (Å²) in [6.07, 6.45) is 2.46. The highest BCUT2D eigenvalue weighted by molar-refractivity contribution is 7.26. The maximum absolute atomic E-state index is 2.53. The average Bonchev–Trinajstić information content (AvgIpc) is 3.64. The van der Waals surface area contributed by atoms with E-state index in [0.29, 0.717) is 0 Å². The van der Waals surface area contributed by atoms with Crippen molar-refractivity contribution in [2.75, 3.05) is 4.90 Å². The van der Waals surface area contributed by atoms with Crippen LogP contribution in [0.1, 0.15) is 51.7 Å². The Morgan fingerprint density at radius 2 is 0.957 bits per heavy atom. The minimum atomic E-state index is 0.194. The number of thiophene rings is 2. The number of anilines is 3. The van der Waals surface area contributed by atoms with Crippen LogP contribution in [0.5, 0.6) is 0 Å². The second-order valence-electron chi connectivity index (χ2n) is 14.5. The molecular weight excluding hydrogens is 607 g/mol. The number of hydrogen-bond acceptors (Lipinski definition) is 3. The Kier molecular flexibility index (Phi) is 6.45. The third kappa shape index (κ3) is 4.71. The zero-order chi connectivity index (χ0) is 31.9. The van der Waals surface area contributed by atoms with Crippen LogP contribution in [0.2, 0.25) is 0 Å². The van der Waals surface area contributed by atoms with E-state index in [1.807, 2.05) is 22.7 Å². The first kappa shape index (κ1) is 28.8. The van der Waals surface area contributed by atoms with E-state index in [1.165, 1.54) is 86.8 Å². The topological polar surface area (TPSA) is 3.24 Å². The van der Waals surface area contributed by atoms with Crippen molar-refractivity contribution in [2.45, 2.75) is 51.4 Å². The largest absolute Gasteiger partial charge is 0.310 e. The van der Waals surface area contributed by atoms with Crippen LogP contribution in [0, 0.1) is 0 Å². The monoisotopic (exact) mass is 643 g/mol. The van der Waals surface area contributed by atoms with Crippen molar-refractivity contribution in [3.63, 3.8) is 0 Å². The zero-order valence-electron chi connectivity index (χ0n) is 27.3. The van der Waals surface area contributed by atoms with Gasteiger partial charge in [0.25, 0.3) is 0 Å². The molecule has 0 aliphatic heterocycles. The minimum Gasteiger partial charge on any atom is -0.310 e. The van der Waals surface area contributed by atoms with Gasteiger partial charge < -0.3 is 4.90 Å². The molecule has 0 atom stereocenters. The summed E-state index contributed by atoms with van der Waals surface area (Å²) in [5, 5.41) is 5.40. The van der Waals surface area contributed by atoms with Gasteiger partial charge in [-0.2, -0.15) is 0 Å². The number of fused-ring (bicyclic) bond motifs is 7.